The van der Waals surface area contributed by atoms with E-state index in [0.29, 0.717) is 11.8 Å². The van der Waals surface area contributed by atoms with Crippen molar-refractivity contribution in [2.24, 2.45) is 22.7 Å². The Morgan fingerprint density at radius 3 is 2.19 bits per heavy atom. The first-order valence-corrected chi connectivity index (χ1v) is 11.0. The zero-order chi connectivity index (χ0) is 17.7. The van der Waals surface area contributed by atoms with Crippen LogP contribution in [0, 0.1) is 24.7 Å². The van der Waals surface area contributed by atoms with Gasteiger partial charge in [0.25, 0.3) is 0 Å². The average Bonchev–Trinajstić information content (AvgIpc) is 2.62. The Labute approximate surface area is 158 Å². The first-order chi connectivity index (χ1) is 12.6. The van der Waals surface area contributed by atoms with Gasteiger partial charge in [-0.15, -0.1) is 0 Å². The summed E-state index contributed by atoms with van der Waals surface area (Å²) in [6, 6.07) is 4.89. The second-order valence-electron chi connectivity index (χ2n) is 10.0. The normalized spacial score (nSPS) is 36.9. The summed E-state index contributed by atoms with van der Waals surface area (Å²) in [6.45, 7) is 2.18. The molecule has 5 aliphatic rings. The van der Waals surface area contributed by atoms with Crippen molar-refractivity contribution in [1.82, 2.24) is 0 Å². The summed E-state index contributed by atoms with van der Waals surface area (Å²) in [4.78, 5) is 4.86. The number of benzene rings is 1. The largest absolute Gasteiger partial charge is 0.507 e. The molecule has 0 unspecified atom stereocenters. The standard InChI is InChI=1S/C24H33NO/c1-16-7-20(15-25-21-5-3-2-4-6-21)23(26)22(8-16)24-12-17-9-18(13-24)11-19(10-17)14-24/h7-8,15,17-19,21,26H,2-6,9-14H2,1H3. The predicted molar refractivity (Wildman–Crippen MR) is 107 cm³/mol. The van der Waals surface area contributed by atoms with Crippen molar-refractivity contribution < 1.29 is 5.11 Å². The molecule has 2 heteroatoms. The van der Waals surface area contributed by atoms with Gasteiger partial charge in [0.05, 0.1) is 0 Å². The third-order valence-electron chi connectivity index (χ3n) is 7.89. The second kappa shape index (κ2) is 6.39. The lowest BCUT2D eigenvalue weighted by molar-refractivity contribution is -0.00616. The Balaban J connectivity index is 1.48. The van der Waals surface area contributed by atoms with Gasteiger partial charge in [-0.05, 0) is 93.1 Å². The Kier molecular flexibility index (Phi) is 4.14. The molecule has 0 aromatic heterocycles. The summed E-state index contributed by atoms with van der Waals surface area (Å²) in [5.74, 6) is 3.25. The van der Waals surface area contributed by atoms with E-state index >= 15 is 0 Å². The molecule has 0 spiro atoms. The monoisotopic (exact) mass is 351 g/mol. The van der Waals surface area contributed by atoms with Gasteiger partial charge in [-0.2, -0.15) is 0 Å². The molecule has 140 valence electrons. The molecule has 1 aromatic rings. The van der Waals surface area contributed by atoms with Crippen LogP contribution in [0.15, 0.2) is 17.1 Å². The fourth-order valence-electron chi connectivity index (χ4n) is 7.17. The molecule has 0 heterocycles. The first kappa shape index (κ1) is 16.8. The molecule has 4 bridgehead atoms. The highest BCUT2D eigenvalue weighted by Crippen LogP contribution is 2.62. The van der Waals surface area contributed by atoms with Gasteiger partial charge in [-0.1, -0.05) is 25.3 Å². The summed E-state index contributed by atoms with van der Waals surface area (Å²) in [5.41, 5.74) is 3.74. The van der Waals surface area contributed by atoms with Gasteiger partial charge in [0.1, 0.15) is 5.75 Å². The predicted octanol–water partition coefficient (Wildman–Crippen LogP) is 5.92. The van der Waals surface area contributed by atoms with Gasteiger partial charge in [-0.25, -0.2) is 0 Å². The number of hydrogen-bond donors (Lipinski definition) is 1. The van der Waals surface area contributed by atoms with E-state index in [1.807, 2.05) is 6.21 Å². The van der Waals surface area contributed by atoms with Crippen molar-refractivity contribution >= 4 is 6.21 Å². The zero-order valence-electron chi connectivity index (χ0n) is 16.2. The Hall–Kier alpha value is -1.31. The summed E-state index contributed by atoms with van der Waals surface area (Å²) in [5, 5.41) is 11.2. The van der Waals surface area contributed by atoms with Crippen LogP contribution in [0.1, 0.15) is 87.3 Å². The topological polar surface area (TPSA) is 32.6 Å². The molecule has 0 aliphatic heterocycles. The smallest absolute Gasteiger partial charge is 0.128 e. The Morgan fingerprint density at radius 2 is 1.58 bits per heavy atom. The maximum Gasteiger partial charge on any atom is 0.128 e. The highest BCUT2D eigenvalue weighted by atomic mass is 16.3. The Morgan fingerprint density at radius 1 is 0.962 bits per heavy atom. The van der Waals surface area contributed by atoms with Crippen molar-refractivity contribution in [3.63, 3.8) is 0 Å². The first-order valence-electron chi connectivity index (χ1n) is 11.0. The van der Waals surface area contributed by atoms with Gasteiger partial charge in [0.2, 0.25) is 0 Å². The molecular formula is C24H33NO. The van der Waals surface area contributed by atoms with E-state index in [1.54, 1.807) is 0 Å². The molecule has 0 saturated heterocycles. The quantitative estimate of drug-likeness (QED) is 0.674. The third kappa shape index (κ3) is 2.90. The molecule has 2 nitrogen and oxygen atoms in total. The molecule has 6 rings (SSSR count). The lowest BCUT2D eigenvalue weighted by Crippen LogP contribution is -2.48. The fourth-order valence-corrected chi connectivity index (χ4v) is 7.17. The minimum Gasteiger partial charge on any atom is -0.507 e. The molecule has 1 N–H and O–H groups in total. The summed E-state index contributed by atoms with van der Waals surface area (Å²) < 4.78 is 0. The van der Waals surface area contributed by atoms with E-state index in [9.17, 15) is 5.11 Å². The number of aliphatic imine (C=N–C) groups is 1. The van der Waals surface area contributed by atoms with Gasteiger partial charge in [-0.3, -0.25) is 4.99 Å². The minimum atomic E-state index is 0.248. The molecule has 0 atom stereocenters. The number of aryl methyl sites for hydroxylation is 1. The van der Waals surface area contributed by atoms with E-state index in [2.05, 4.69) is 19.1 Å². The van der Waals surface area contributed by atoms with Gasteiger partial charge in [0.15, 0.2) is 0 Å². The third-order valence-corrected chi connectivity index (χ3v) is 7.89. The van der Waals surface area contributed by atoms with Crippen LogP contribution >= 0.6 is 0 Å². The zero-order valence-corrected chi connectivity index (χ0v) is 16.2. The van der Waals surface area contributed by atoms with Crippen molar-refractivity contribution in [3.05, 3.63) is 28.8 Å². The molecule has 5 saturated carbocycles. The SMILES string of the molecule is Cc1cc(C=NC2CCCCC2)c(O)c(C23CC4CC(CC(C4)C2)C3)c1. The lowest BCUT2D eigenvalue weighted by atomic mass is 9.48. The highest BCUT2D eigenvalue weighted by Gasteiger charge is 2.52. The number of aromatic hydroxyl groups is 1. The number of hydrogen-bond acceptors (Lipinski definition) is 2. The lowest BCUT2D eigenvalue weighted by Gasteiger charge is -2.57. The number of phenols is 1. The van der Waals surface area contributed by atoms with Crippen molar-refractivity contribution in [2.45, 2.75) is 89.0 Å². The van der Waals surface area contributed by atoms with Crippen molar-refractivity contribution in [1.29, 1.82) is 0 Å². The number of rotatable bonds is 3. The molecule has 5 fully saturated rings. The van der Waals surface area contributed by atoms with Crippen LogP contribution in [0.2, 0.25) is 0 Å². The van der Waals surface area contributed by atoms with Crippen LogP contribution in [0.4, 0.5) is 0 Å². The molecule has 26 heavy (non-hydrogen) atoms. The van der Waals surface area contributed by atoms with Crippen LogP contribution in [0.5, 0.6) is 5.75 Å². The van der Waals surface area contributed by atoms with Crippen molar-refractivity contribution in [3.8, 4) is 5.75 Å². The maximum absolute atomic E-state index is 11.2. The van der Waals surface area contributed by atoms with E-state index < -0.39 is 0 Å². The average molecular weight is 352 g/mol. The van der Waals surface area contributed by atoms with E-state index in [-0.39, 0.29) is 5.41 Å². The molecule has 1 aromatic carbocycles. The molecule has 0 radical (unpaired) electrons. The summed E-state index contributed by atoms with van der Waals surface area (Å²) in [7, 11) is 0. The van der Waals surface area contributed by atoms with Crippen LogP contribution in [-0.4, -0.2) is 17.4 Å². The van der Waals surface area contributed by atoms with E-state index in [4.69, 9.17) is 4.99 Å². The van der Waals surface area contributed by atoms with Crippen LogP contribution < -0.4 is 0 Å². The van der Waals surface area contributed by atoms with Crippen LogP contribution in [0.3, 0.4) is 0 Å². The summed E-state index contributed by atoms with van der Waals surface area (Å²) >= 11 is 0. The van der Waals surface area contributed by atoms with Gasteiger partial charge < -0.3 is 5.11 Å². The Bertz CT molecular complexity index is 678. The minimum absolute atomic E-state index is 0.248. The van der Waals surface area contributed by atoms with Crippen LogP contribution in [0.25, 0.3) is 0 Å². The second-order valence-corrected chi connectivity index (χ2v) is 10.0. The fraction of sp³-hybridized carbons (Fsp3) is 0.708. The van der Waals surface area contributed by atoms with Gasteiger partial charge >= 0.3 is 0 Å². The van der Waals surface area contributed by atoms with Gasteiger partial charge in [0, 0.05) is 23.4 Å². The van der Waals surface area contributed by atoms with Crippen molar-refractivity contribution in [2.75, 3.05) is 0 Å². The summed E-state index contributed by atoms with van der Waals surface area (Å²) in [6.07, 6.45) is 16.6. The molecular weight excluding hydrogens is 318 g/mol. The number of nitrogens with zero attached hydrogens (tertiary/aromatic N) is 1. The van der Waals surface area contributed by atoms with Crippen LogP contribution in [-0.2, 0) is 5.41 Å². The van der Waals surface area contributed by atoms with E-state index in [1.165, 1.54) is 81.8 Å². The van der Waals surface area contributed by atoms with E-state index in [0.717, 1.165) is 23.3 Å². The molecule has 5 aliphatic carbocycles. The number of phenolic OH excluding ortho intramolecular Hbond substituents is 1. The molecule has 0 amide bonds. The highest BCUT2D eigenvalue weighted by molar-refractivity contribution is 5.85. The maximum atomic E-state index is 11.2.